The molecule has 96 valence electrons. The van der Waals surface area contributed by atoms with E-state index in [1.807, 2.05) is 16.5 Å². The van der Waals surface area contributed by atoms with Crippen LogP contribution >= 0.6 is 15.9 Å². The number of nitrogens with zero attached hydrogens (tertiary/aromatic N) is 2. The van der Waals surface area contributed by atoms with Crippen LogP contribution in [0.4, 0.5) is 0 Å². The third-order valence-electron chi connectivity index (χ3n) is 3.51. The Morgan fingerprint density at radius 3 is 3.11 bits per heavy atom. The number of halogens is 1. The second-order valence-corrected chi connectivity index (χ2v) is 5.53. The molecule has 0 radical (unpaired) electrons. The highest BCUT2D eigenvalue weighted by Gasteiger charge is 2.18. The summed E-state index contributed by atoms with van der Waals surface area (Å²) in [5.41, 5.74) is 0.917. The third kappa shape index (κ3) is 2.12. The van der Waals surface area contributed by atoms with E-state index in [1.54, 1.807) is 6.07 Å². The van der Waals surface area contributed by atoms with Crippen molar-refractivity contribution in [1.29, 1.82) is 0 Å². The highest BCUT2D eigenvalue weighted by Crippen LogP contribution is 2.25. The molecule has 1 aliphatic rings. The number of hydrogen-bond donors (Lipinski definition) is 2. The molecule has 1 saturated heterocycles. The Labute approximate surface area is 114 Å². The van der Waals surface area contributed by atoms with Crippen molar-refractivity contribution < 1.29 is 5.11 Å². The second-order valence-electron chi connectivity index (χ2n) is 4.77. The lowest BCUT2D eigenvalue weighted by Gasteiger charge is -2.22. The Balaban J connectivity index is 1.96. The van der Waals surface area contributed by atoms with E-state index >= 15 is 0 Å². The van der Waals surface area contributed by atoms with Crippen molar-refractivity contribution in [2.24, 2.45) is 0 Å². The van der Waals surface area contributed by atoms with Gasteiger partial charge in [-0.1, -0.05) is 12.5 Å². The van der Waals surface area contributed by atoms with Gasteiger partial charge in [-0.25, -0.2) is 4.98 Å². The molecule has 2 aromatic rings. The first-order valence-electron chi connectivity index (χ1n) is 6.34. The third-order valence-corrected chi connectivity index (χ3v) is 4.09. The molecule has 0 aliphatic carbocycles. The van der Waals surface area contributed by atoms with Gasteiger partial charge in [-0.05, 0) is 47.4 Å². The molecule has 3 rings (SSSR count). The second kappa shape index (κ2) is 4.90. The van der Waals surface area contributed by atoms with Crippen LogP contribution in [-0.4, -0.2) is 27.1 Å². The average Bonchev–Trinajstić information content (AvgIpc) is 2.69. The molecule has 1 atom stereocenters. The molecule has 0 aromatic carbocycles. The molecule has 0 spiro atoms. The number of fused-ring (bicyclic) bond motifs is 1. The number of piperidine rings is 1. The fourth-order valence-corrected chi connectivity index (χ4v) is 3.12. The summed E-state index contributed by atoms with van der Waals surface area (Å²) in [6, 6.07) is 5.95. The monoisotopic (exact) mass is 309 g/mol. The van der Waals surface area contributed by atoms with Crippen LogP contribution < -0.4 is 5.32 Å². The van der Waals surface area contributed by atoms with Crippen LogP contribution in [-0.2, 0) is 6.42 Å². The quantitative estimate of drug-likeness (QED) is 0.896. The maximum atomic E-state index is 9.98. The maximum absolute atomic E-state index is 9.98. The van der Waals surface area contributed by atoms with E-state index in [-0.39, 0.29) is 5.88 Å². The molecule has 18 heavy (non-hydrogen) atoms. The summed E-state index contributed by atoms with van der Waals surface area (Å²) in [6.45, 7) is 1.08. The zero-order chi connectivity index (χ0) is 12.5. The average molecular weight is 310 g/mol. The standard InChI is InChI=1S/C13H16BrN3O/c14-13-10-5-3-6-12(18)17(10)11(16-13)8-9-4-1-2-7-15-9/h3,5-6,9,15,18H,1-2,4,7-8H2. The highest BCUT2D eigenvalue weighted by atomic mass is 79.9. The molecule has 2 aromatic heterocycles. The van der Waals surface area contributed by atoms with E-state index in [0.29, 0.717) is 6.04 Å². The summed E-state index contributed by atoms with van der Waals surface area (Å²) >= 11 is 3.45. The summed E-state index contributed by atoms with van der Waals surface area (Å²) in [5, 5.41) is 13.5. The Morgan fingerprint density at radius 1 is 1.44 bits per heavy atom. The Hall–Kier alpha value is -1.07. The molecule has 3 heterocycles. The van der Waals surface area contributed by atoms with Crippen molar-refractivity contribution in [1.82, 2.24) is 14.7 Å². The SMILES string of the molecule is Oc1cccc2c(Br)nc(CC3CCCCN3)n12. The maximum Gasteiger partial charge on any atom is 0.197 e. The molecule has 0 saturated carbocycles. The molecule has 0 amide bonds. The first-order chi connectivity index (χ1) is 8.75. The number of aromatic hydroxyl groups is 1. The molecule has 5 heteroatoms. The summed E-state index contributed by atoms with van der Waals surface area (Å²) in [6.07, 6.45) is 4.56. The van der Waals surface area contributed by atoms with Crippen molar-refractivity contribution >= 4 is 21.4 Å². The van der Waals surface area contributed by atoms with Crippen LogP contribution in [0, 0.1) is 0 Å². The van der Waals surface area contributed by atoms with Crippen LogP contribution in [0.25, 0.3) is 5.52 Å². The first kappa shape index (κ1) is 12.0. The topological polar surface area (TPSA) is 49.6 Å². The van der Waals surface area contributed by atoms with Gasteiger partial charge in [0.25, 0.3) is 0 Å². The van der Waals surface area contributed by atoms with E-state index in [1.165, 1.54) is 19.3 Å². The summed E-state index contributed by atoms with van der Waals surface area (Å²) in [5.74, 6) is 1.16. The number of rotatable bonds is 2. The van der Waals surface area contributed by atoms with E-state index in [2.05, 4.69) is 26.2 Å². The van der Waals surface area contributed by atoms with E-state index in [4.69, 9.17) is 0 Å². The lowest BCUT2D eigenvalue weighted by atomic mass is 10.0. The van der Waals surface area contributed by atoms with Gasteiger partial charge in [-0.15, -0.1) is 0 Å². The van der Waals surface area contributed by atoms with Gasteiger partial charge < -0.3 is 10.4 Å². The van der Waals surface area contributed by atoms with Crippen molar-refractivity contribution in [2.75, 3.05) is 6.54 Å². The predicted molar refractivity (Wildman–Crippen MR) is 73.9 cm³/mol. The van der Waals surface area contributed by atoms with Crippen molar-refractivity contribution in [3.8, 4) is 5.88 Å². The van der Waals surface area contributed by atoms with E-state index < -0.39 is 0 Å². The van der Waals surface area contributed by atoms with Crippen LogP contribution in [0.15, 0.2) is 22.8 Å². The van der Waals surface area contributed by atoms with Gasteiger partial charge in [0.15, 0.2) is 5.88 Å². The molecule has 0 bridgehead atoms. The van der Waals surface area contributed by atoms with Gasteiger partial charge in [-0.2, -0.15) is 0 Å². The summed E-state index contributed by atoms with van der Waals surface area (Å²) in [7, 11) is 0. The van der Waals surface area contributed by atoms with Crippen molar-refractivity contribution in [2.45, 2.75) is 31.7 Å². The fraction of sp³-hybridized carbons (Fsp3) is 0.462. The zero-order valence-electron chi connectivity index (χ0n) is 10.1. The minimum absolute atomic E-state index is 0.247. The van der Waals surface area contributed by atoms with Crippen molar-refractivity contribution in [3.05, 3.63) is 28.6 Å². The molecular formula is C13H16BrN3O. The summed E-state index contributed by atoms with van der Waals surface area (Å²) in [4.78, 5) is 4.52. The van der Waals surface area contributed by atoms with Gasteiger partial charge in [0, 0.05) is 12.5 Å². The van der Waals surface area contributed by atoms with E-state index in [9.17, 15) is 5.11 Å². The van der Waals surface area contributed by atoms with Gasteiger partial charge in [0.1, 0.15) is 10.4 Å². The zero-order valence-corrected chi connectivity index (χ0v) is 11.7. The molecular weight excluding hydrogens is 294 g/mol. The first-order valence-corrected chi connectivity index (χ1v) is 7.13. The van der Waals surface area contributed by atoms with Gasteiger partial charge >= 0.3 is 0 Å². The Morgan fingerprint density at radius 2 is 2.33 bits per heavy atom. The number of hydrogen-bond acceptors (Lipinski definition) is 3. The van der Waals surface area contributed by atoms with Gasteiger partial charge in [0.2, 0.25) is 0 Å². The van der Waals surface area contributed by atoms with Crippen LogP contribution in [0.5, 0.6) is 5.88 Å². The highest BCUT2D eigenvalue weighted by molar-refractivity contribution is 9.10. The summed E-state index contributed by atoms with van der Waals surface area (Å²) < 4.78 is 2.62. The van der Waals surface area contributed by atoms with E-state index in [0.717, 1.165) is 28.9 Å². The Bertz CT molecular complexity index is 561. The number of aromatic nitrogens is 2. The number of nitrogens with one attached hydrogen (secondary N) is 1. The molecule has 1 unspecified atom stereocenters. The normalized spacial score (nSPS) is 20.4. The lowest BCUT2D eigenvalue weighted by molar-refractivity contribution is 0.389. The lowest BCUT2D eigenvalue weighted by Crippen LogP contribution is -2.36. The van der Waals surface area contributed by atoms with Crippen LogP contribution in [0.2, 0.25) is 0 Å². The van der Waals surface area contributed by atoms with Crippen LogP contribution in [0.3, 0.4) is 0 Å². The van der Waals surface area contributed by atoms with Crippen molar-refractivity contribution in [3.63, 3.8) is 0 Å². The minimum Gasteiger partial charge on any atom is -0.494 e. The molecule has 1 aliphatic heterocycles. The Kier molecular flexibility index (Phi) is 3.26. The molecule has 4 nitrogen and oxygen atoms in total. The number of imidazole rings is 1. The minimum atomic E-state index is 0.247. The van der Waals surface area contributed by atoms with Gasteiger partial charge in [0.05, 0.1) is 5.52 Å². The predicted octanol–water partition coefficient (Wildman–Crippen LogP) is 2.49. The smallest absolute Gasteiger partial charge is 0.197 e. The molecule has 1 fully saturated rings. The van der Waals surface area contributed by atoms with Crippen LogP contribution in [0.1, 0.15) is 25.1 Å². The molecule has 2 N–H and O–H groups in total. The van der Waals surface area contributed by atoms with Gasteiger partial charge in [-0.3, -0.25) is 4.40 Å². The largest absolute Gasteiger partial charge is 0.494 e. The number of pyridine rings is 1. The fourth-order valence-electron chi connectivity index (χ4n) is 2.61.